The number of nitrogens with one attached hydrogen (secondary N) is 1. The van der Waals surface area contributed by atoms with Gasteiger partial charge in [-0.2, -0.15) is 0 Å². The molecule has 0 fully saturated rings. The predicted octanol–water partition coefficient (Wildman–Crippen LogP) is 4.76. The molecule has 0 saturated carbocycles. The predicted molar refractivity (Wildman–Crippen MR) is 97.1 cm³/mol. The molecule has 3 aromatic carbocycles. The van der Waals surface area contributed by atoms with Crippen molar-refractivity contribution in [1.29, 1.82) is 0 Å². The molecule has 0 bridgehead atoms. The number of hydrogen-bond donors (Lipinski definition) is 1. The fourth-order valence-corrected chi connectivity index (χ4v) is 2.45. The molecule has 3 heteroatoms. The maximum absolute atomic E-state index is 12.0. The molecule has 0 heterocycles. The van der Waals surface area contributed by atoms with Crippen molar-refractivity contribution in [2.24, 2.45) is 0 Å². The highest BCUT2D eigenvalue weighted by Crippen LogP contribution is 2.29. The normalized spacial score (nSPS) is 10.2. The smallest absolute Gasteiger partial charge is 0.227 e. The molecule has 0 saturated heterocycles. The number of rotatable bonds is 6. The van der Waals surface area contributed by atoms with Crippen LogP contribution in [0.25, 0.3) is 11.1 Å². The van der Waals surface area contributed by atoms with Gasteiger partial charge < -0.3 is 10.1 Å². The highest BCUT2D eigenvalue weighted by atomic mass is 16.5. The Balaban J connectivity index is 1.58. The average Bonchev–Trinajstić information content (AvgIpc) is 2.64. The van der Waals surface area contributed by atoms with Gasteiger partial charge in [-0.3, -0.25) is 4.79 Å². The van der Waals surface area contributed by atoms with Crippen molar-refractivity contribution in [2.45, 2.75) is 6.42 Å². The number of ether oxygens (including phenoxy) is 1. The molecule has 3 nitrogen and oxygen atoms in total. The minimum atomic E-state index is -0.0570. The van der Waals surface area contributed by atoms with Gasteiger partial charge in [-0.15, -0.1) is 0 Å². The molecule has 0 atom stereocenters. The Kier molecular flexibility index (Phi) is 5.25. The molecule has 0 aliphatic carbocycles. The molecule has 0 aromatic heterocycles. The van der Waals surface area contributed by atoms with Gasteiger partial charge in [-0.05, 0) is 23.8 Å². The van der Waals surface area contributed by atoms with E-state index in [1.54, 1.807) is 0 Å². The van der Waals surface area contributed by atoms with Crippen LogP contribution in [0.3, 0.4) is 0 Å². The molecule has 0 aliphatic rings. The Hall–Kier alpha value is -3.07. The van der Waals surface area contributed by atoms with Gasteiger partial charge in [0.05, 0.1) is 13.0 Å². The Morgan fingerprint density at radius 3 is 2.17 bits per heavy atom. The van der Waals surface area contributed by atoms with Crippen LogP contribution in [0.15, 0.2) is 84.9 Å². The van der Waals surface area contributed by atoms with E-state index in [1.807, 2.05) is 84.9 Å². The van der Waals surface area contributed by atoms with E-state index in [4.69, 9.17) is 4.74 Å². The van der Waals surface area contributed by atoms with Gasteiger partial charge in [0.1, 0.15) is 5.75 Å². The van der Waals surface area contributed by atoms with Crippen molar-refractivity contribution in [3.63, 3.8) is 0 Å². The second-order valence-electron chi connectivity index (χ2n) is 5.37. The van der Waals surface area contributed by atoms with Gasteiger partial charge in [-0.25, -0.2) is 0 Å². The highest BCUT2D eigenvalue weighted by molar-refractivity contribution is 5.90. The Labute approximate surface area is 141 Å². The monoisotopic (exact) mass is 317 g/mol. The first kappa shape index (κ1) is 15.8. The van der Waals surface area contributed by atoms with Crippen LogP contribution in [-0.4, -0.2) is 12.5 Å². The molecule has 0 spiro atoms. The van der Waals surface area contributed by atoms with E-state index in [0.29, 0.717) is 13.0 Å². The molecule has 24 heavy (non-hydrogen) atoms. The minimum Gasteiger partial charge on any atom is -0.492 e. The molecular weight excluding hydrogens is 298 g/mol. The fourth-order valence-electron chi connectivity index (χ4n) is 2.45. The Bertz CT molecular complexity index is 785. The summed E-state index contributed by atoms with van der Waals surface area (Å²) in [5.41, 5.74) is 2.93. The third kappa shape index (κ3) is 4.23. The quantitative estimate of drug-likeness (QED) is 0.712. The summed E-state index contributed by atoms with van der Waals surface area (Å²) < 4.78 is 5.84. The summed E-state index contributed by atoms with van der Waals surface area (Å²) in [6.07, 6.45) is 0.304. The number of carbonyl (C=O) groups is 1. The first-order valence-electron chi connectivity index (χ1n) is 7.95. The summed E-state index contributed by atoms with van der Waals surface area (Å²) in [7, 11) is 0. The summed E-state index contributed by atoms with van der Waals surface area (Å²) >= 11 is 0. The second kappa shape index (κ2) is 7.97. The molecule has 0 unspecified atom stereocenters. The van der Waals surface area contributed by atoms with Gasteiger partial charge in [0.25, 0.3) is 0 Å². The van der Waals surface area contributed by atoms with Crippen molar-refractivity contribution < 1.29 is 9.53 Å². The highest BCUT2D eigenvalue weighted by Gasteiger charge is 2.07. The lowest BCUT2D eigenvalue weighted by Gasteiger charge is -2.11. The van der Waals surface area contributed by atoms with Gasteiger partial charge in [-0.1, -0.05) is 66.7 Å². The molecule has 1 N–H and O–H groups in total. The van der Waals surface area contributed by atoms with E-state index < -0.39 is 0 Å². The Morgan fingerprint density at radius 1 is 0.792 bits per heavy atom. The third-order valence-electron chi connectivity index (χ3n) is 3.62. The van der Waals surface area contributed by atoms with Crippen LogP contribution >= 0.6 is 0 Å². The molecular formula is C21H19NO2. The number of benzene rings is 3. The maximum Gasteiger partial charge on any atom is 0.227 e. The van der Waals surface area contributed by atoms with Crippen LogP contribution in [0.5, 0.6) is 5.75 Å². The lowest BCUT2D eigenvalue weighted by molar-refractivity contribution is -0.116. The van der Waals surface area contributed by atoms with Crippen molar-refractivity contribution in [2.75, 3.05) is 11.9 Å². The standard InChI is InChI=1S/C21H19NO2/c23-21(22-18-11-5-2-6-12-18)15-16-24-20-14-8-7-13-19(20)17-9-3-1-4-10-17/h1-14H,15-16H2,(H,22,23). The van der Waals surface area contributed by atoms with Crippen molar-refractivity contribution in [3.05, 3.63) is 84.9 Å². The summed E-state index contributed by atoms with van der Waals surface area (Å²) in [6, 6.07) is 27.4. The molecule has 0 aliphatic heterocycles. The van der Waals surface area contributed by atoms with Crippen molar-refractivity contribution in [3.8, 4) is 16.9 Å². The lowest BCUT2D eigenvalue weighted by Crippen LogP contribution is -2.15. The van der Waals surface area contributed by atoms with E-state index >= 15 is 0 Å². The van der Waals surface area contributed by atoms with E-state index in [0.717, 1.165) is 22.6 Å². The van der Waals surface area contributed by atoms with Crippen LogP contribution < -0.4 is 10.1 Å². The number of hydrogen-bond acceptors (Lipinski definition) is 2. The minimum absolute atomic E-state index is 0.0570. The van der Waals surface area contributed by atoms with Crippen LogP contribution in [0.1, 0.15) is 6.42 Å². The zero-order chi connectivity index (χ0) is 16.6. The number of para-hydroxylation sites is 2. The summed E-state index contributed by atoms with van der Waals surface area (Å²) in [6.45, 7) is 0.336. The Morgan fingerprint density at radius 2 is 1.42 bits per heavy atom. The van der Waals surface area contributed by atoms with Gasteiger partial charge in [0, 0.05) is 11.3 Å². The SMILES string of the molecule is O=C(CCOc1ccccc1-c1ccccc1)Nc1ccccc1. The second-order valence-corrected chi connectivity index (χ2v) is 5.37. The zero-order valence-corrected chi connectivity index (χ0v) is 13.3. The summed E-state index contributed by atoms with van der Waals surface area (Å²) in [4.78, 5) is 12.0. The van der Waals surface area contributed by atoms with Crippen molar-refractivity contribution >= 4 is 11.6 Å². The van der Waals surface area contributed by atoms with Gasteiger partial charge in [0.2, 0.25) is 5.91 Å². The topological polar surface area (TPSA) is 38.3 Å². The van der Waals surface area contributed by atoms with Gasteiger partial charge in [0.15, 0.2) is 0 Å². The molecule has 1 amide bonds. The number of carbonyl (C=O) groups excluding carboxylic acids is 1. The largest absolute Gasteiger partial charge is 0.492 e. The van der Waals surface area contributed by atoms with E-state index in [9.17, 15) is 4.79 Å². The van der Waals surface area contributed by atoms with Gasteiger partial charge >= 0.3 is 0 Å². The van der Waals surface area contributed by atoms with Crippen molar-refractivity contribution in [1.82, 2.24) is 0 Å². The fraction of sp³-hybridized carbons (Fsp3) is 0.0952. The molecule has 0 radical (unpaired) electrons. The summed E-state index contributed by atoms with van der Waals surface area (Å²) in [5, 5.41) is 2.86. The van der Waals surface area contributed by atoms with E-state index in [2.05, 4.69) is 5.32 Å². The van der Waals surface area contributed by atoms with Crippen LogP contribution in [0.2, 0.25) is 0 Å². The third-order valence-corrected chi connectivity index (χ3v) is 3.62. The first-order chi connectivity index (χ1) is 11.8. The number of anilines is 1. The molecule has 3 aromatic rings. The molecule has 120 valence electrons. The van der Waals surface area contributed by atoms with Crippen LogP contribution in [-0.2, 0) is 4.79 Å². The average molecular weight is 317 g/mol. The zero-order valence-electron chi connectivity index (χ0n) is 13.3. The first-order valence-corrected chi connectivity index (χ1v) is 7.95. The number of amides is 1. The van der Waals surface area contributed by atoms with E-state index in [1.165, 1.54) is 0 Å². The maximum atomic E-state index is 12.0. The van der Waals surface area contributed by atoms with Crippen LogP contribution in [0.4, 0.5) is 5.69 Å². The van der Waals surface area contributed by atoms with Crippen LogP contribution in [0, 0.1) is 0 Å². The summed E-state index contributed by atoms with van der Waals surface area (Å²) in [5.74, 6) is 0.731. The lowest BCUT2D eigenvalue weighted by atomic mass is 10.1. The van der Waals surface area contributed by atoms with E-state index in [-0.39, 0.29) is 5.91 Å². The molecule has 3 rings (SSSR count).